The van der Waals surface area contributed by atoms with E-state index in [0.29, 0.717) is 21.3 Å². The van der Waals surface area contributed by atoms with Crippen LogP contribution in [0.4, 0.5) is 11.6 Å². The van der Waals surface area contributed by atoms with Crippen molar-refractivity contribution < 1.29 is 9.59 Å². The number of hydrogen-bond acceptors (Lipinski definition) is 10. The summed E-state index contributed by atoms with van der Waals surface area (Å²) in [7, 11) is 0. The predicted octanol–water partition coefficient (Wildman–Crippen LogP) is 2.69. The van der Waals surface area contributed by atoms with Gasteiger partial charge in [-0.15, -0.1) is 11.3 Å². The van der Waals surface area contributed by atoms with Crippen LogP contribution in [0.25, 0.3) is 0 Å². The lowest BCUT2D eigenvalue weighted by Gasteiger charge is -2.17. The Hall–Kier alpha value is -3.31. The van der Waals surface area contributed by atoms with E-state index in [2.05, 4.69) is 30.2 Å². The van der Waals surface area contributed by atoms with Gasteiger partial charge in [-0.25, -0.2) is 24.9 Å². The molecule has 0 saturated heterocycles. The number of ketones is 1. The summed E-state index contributed by atoms with van der Waals surface area (Å²) in [6.45, 7) is 8.04. The minimum atomic E-state index is -0.320. The molecule has 3 aromatic heterocycles. The number of hydrogen-bond donors (Lipinski definition) is 3. The fourth-order valence-electron chi connectivity index (χ4n) is 2.96. The van der Waals surface area contributed by atoms with Gasteiger partial charge in [-0.1, -0.05) is 27.7 Å². The molecule has 0 fully saturated rings. The van der Waals surface area contributed by atoms with Crippen molar-refractivity contribution in [2.75, 3.05) is 11.1 Å². The van der Waals surface area contributed by atoms with Crippen LogP contribution in [0.2, 0.25) is 0 Å². The lowest BCUT2D eigenvalue weighted by Crippen LogP contribution is -2.16. The molecule has 0 saturated carbocycles. The third-order valence-electron chi connectivity index (χ3n) is 4.78. The number of carbonyl (C=O) groups excluding carboxylic acids is 2. The zero-order chi connectivity index (χ0) is 23.5. The van der Waals surface area contributed by atoms with E-state index in [1.165, 1.54) is 30.2 Å². The van der Waals surface area contributed by atoms with Gasteiger partial charge in [0.15, 0.2) is 5.78 Å². The first-order valence-electron chi connectivity index (χ1n) is 10.0. The molecule has 3 heterocycles. The lowest BCUT2D eigenvalue weighted by atomic mass is 9.92. The van der Waals surface area contributed by atoms with Crippen molar-refractivity contribution >= 4 is 34.7 Å². The van der Waals surface area contributed by atoms with E-state index in [0.717, 1.165) is 5.69 Å². The number of aromatic nitrogens is 5. The molecule has 0 spiro atoms. The highest BCUT2D eigenvalue weighted by atomic mass is 32.1. The largest absolute Gasteiger partial charge is 0.383 e. The Morgan fingerprint density at radius 3 is 2.53 bits per heavy atom. The van der Waals surface area contributed by atoms with Gasteiger partial charge < -0.3 is 16.8 Å². The van der Waals surface area contributed by atoms with Crippen molar-refractivity contribution in [3.63, 3.8) is 0 Å². The van der Waals surface area contributed by atoms with Crippen LogP contribution in [-0.4, -0.2) is 36.6 Å². The average Bonchev–Trinajstić information content (AvgIpc) is 3.24. The van der Waals surface area contributed by atoms with Gasteiger partial charge in [0, 0.05) is 35.9 Å². The minimum Gasteiger partial charge on any atom is -0.383 e. The summed E-state index contributed by atoms with van der Waals surface area (Å²) in [4.78, 5) is 46.5. The van der Waals surface area contributed by atoms with E-state index >= 15 is 0 Å². The second kappa shape index (κ2) is 9.45. The molecule has 32 heavy (non-hydrogen) atoms. The number of Topliss-reactive ketones (excluding diaryl/α,β-unsaturated/α-hetero) is 1. The van der Waals surface area contributed by atoms with Crippen molar-refractivity contribution in [3.05, 3.63) is 51.8 Å². The maximum atomic E-state index is 12.7. The highest BCUT2D eigenvalue weighted by Crippen LogP contribution is 2.27. The molecule has 0 aliphatic rings. The van der Waals surface area contributed by atoms with Crippen molar-refractivity contribution in [1.82, 2.24) is 24.9 Å². The molecule has 0 bridgehead atoms. The van der Waals surface area contributed by atoms with Crippen LogP contribution in [0.15, 0.2) is 24.9 Å². The summed E-state index contributed by atoms with van der Waals surface area (Å²) in [6, 6.07) is 1.75. The van der Waals surface area contributed by atoms with E-state index < -0.39 is 0 Å². The molecule has 1 atom stereocenters. The topological polar surface area (TPSA) is 163 Å². The van der Waals surface area contributed by atoms with E-state index in [1.54, 1.807) is 6.07 Å². The number of carbonyl (C=O) groups is 2. The fraction of sp³-hybridized carbons (Fsp3) is 0.381. The summed E-state index contributed by atoms with van der Waals surface area (Å²) in [5.74, 6) is -0.124. The number of nitrogens with one attached hydrogen (secondary N) is 1. The van der Waals surface area contributed by atoms with Gasteiger partial charge in [-0.3, -0.25) is 9.59 Å². The standard InChI is InChI=1S/C21H26N8O2S/c1-11(5-13(30)17-12(7-22)18(23)28-10-27-17)20-24-8-14(32-20)19(31)29-16-6-15(21(2,3)4)25-9-26-16/h6,8-11H,5,7,22H2,1-4H3,(H2,23,27,28)(H,25,26,29,31). The van der Waals surface area contributed by atoms with E-state index in [4.69, 9.17) is 11.5 Å². The van der Waals surface area contributed by atoms with Gasteiger partial charge in [-0.2, -0.15) is 0 Å². The summed E-state index contributed by atoms with van der Waals surface area (Å²) in [6.07, 6.45) is 4.32. The van der Waals surface area contributed by atoms with Crippen molar-refractivity contribution in [3.8, 4) is 0 Å². The van der Waals surface area contributed by atoms with Gasteiger partial charge in [0.1, 0.15) is 34.9 Å². The van der Waals surface area contributed by atoms with Crippen LogP contribution < -0.4 is 16.8 Å². The second-order valence-electron chi connectivity index (χ2n) is 8.37. The van der Waals surface area contributed by atoms with E-state index in [9.17, 15) is 9.59 Å². The molecule has 5 N–H and O–H groups in total. The van der Waals surface area contributed by atoms with Crippen LogP contribution in [-0.2, 0) is 12.0 Å². The Labute approximate surface area is 189 Å². The fourth-order valence-corrected chi connectivity index (χ4v) is 3.83. The lowest BCUT2D eigenvalue weighted by molar-refractivity contribution is 0.0968. The monoisotopic (exact) mass is 454 g/mol. The second-order valence-corrected chi connectivity index (χ2v) is 9.44. The molecule has 0 aliphatic carbocycles. The first-order valence-corrected chi connectivity index (χ1v) is 10.8. The van der Waals surface area contributed by atoms with Crippen molar-refractivity contribution in [2.24, 2.45) is 5.73 Å². The first kappa shape index (κ1) is 23.4. The summed E-state index contributed by atoms with van der Waals surface area (Å²) in [5, 5.41) is 3.44. The maximum Gasteiger partial charge on any atom is 0.268 e. The SMILES string of the molecule is CC(CC(=O)c1ncnc(N)c1CN)c1ncc(C(=O)Nc2cc(C(C)(C)C)ncn2)s1. The average molecular weight is 455 g/mol. The third-order valence-corrected chi connectivity index (χ3v) is 6.01. The maximum absolute atomic E-state index is 12.7. The Morgan fingerprint density at radius 2 is 1.84 bits per heavy atom. The van der Waals surface area contributed by atoms with Crippen LogP contribution in [0, 0.1) is 0 Å². The Kier molecular flexibility index (Phi) is 6.90. The number of anilines is 2. The number of nitrogens with two attached hydrogens (primary N) is 2. The Balaban J connectivity index is 1.69. The summed E-state index contributed by atoms with van der Waals surface area (Å²) < 4.78 is 0. The summed E-state index contributed by atoms with van der Waals surface area (Å²) >= 11 is 1.23. The number of nitrogen functional groups attached to an aromatic ring is 1. The third kappa shape index (κ3) is 5.29. The van der Waals surface area contributed by atoms with Crippen molar-refractivity contribution in [2.45, 2.75) is 52.0 Å². The molecule has 1 unspecified atom stereocenters. The zero-order valence-electron chi connectivity index (χ0n) is 18.4. The minimum absolute atomic E-state index is 0.0731. The highest BCUT2D eigenvalue weighted by Gasteiger charge is 2.22. The number of rotatable bonds is 7. The molecule has 3 aromatic rings. The molecule has 3 rings (SSSR count). The molecule has 10 nitrogen and oxygen atoms in total. The van der Waals surface area contributed by atoms with Crippen LogP contribution in [0.3, 0.4) is 0 Å². The normalized spacial score (nSPS) is 12.4. The van der Waals surface area contributed by atoms with Crippen LogP contribution in [0.5, 0.6) is 0 Å². The zero-order valence-corrected chi connectivity index (χ0v) is 19.2. The predicted molar refractivity (Wildman–Crippen MR) is 122 cm³/mol. The molecule has 0 aliphatic heterocycles. The van der Waals surface area contributed by atoms with Crippen molar-refractivity contribution in [1.29, 1.82) is 0 Å². The van der Waals surface area contributed by atoms with E-state index in [1.807, 2.05) is 27.7 Å². The highest BCUT2D eigenvalue weighted by molar-refractivity contribution is 7.13. The van der Waals surface area contributed by atoms with Gasteiger partial charge in [-0.05, 0) is 0 Å². The Bertz CT molecular complexity index is 1140. The van der Waals surface area contributed by atoms with Gasteiger partial charge >= 0.3 is 0 Å². The number of thiazole rings is 1. The van der Waals surface area contributed by atoms with Gasteiger partial charge in [0.2, 0.25) is 0 Å². The summed E-state index contributed by atoms with van der Waals surface area (Å²) in [5.41, 5.74) is 12.8. The molecular formula is C21H26N8O2S. The smallest absolute Gasteiger partial charge is 0.268 e. The first-order chi connectivity index (χ1) is 15.1. The molecular weight excluding hydrogens is 428 g/mol. The van der Waals surface area contributed by atoms with Crippen LogP contribution >= 0.6 is 11.3 Å². The van der Waals surface area contributed by atoms with Gasteiger partial charge in [0.25, 0.3) is 5.91 Å². The Morgan fingerprint density at radius 1 is 1.12 bits per heavy atom. The molecule has 11 heteroatoms. The van der Waals surface area contributed by atoms with Gasteiger partial charge in [0.05, 0.1) is 16.9 Å². The number of nitrogens with zero attached hydrogens (tertiary/aromatic N) is 5. The molecule has 168 valence electrons. The van der Waals surface area contributed by atoms with E-state index in [-0.39, 0.29) is 47.5 Å². The molecule has 1 amide bonds. The van der Waals surface area contributed by atoms with Crippen LogP contribution in [0.1, 0.15) is 76.5 Å². The number of amides is 1. The molecule has 0 radical (unpaired) electrons. The quantitative estimate of drug-likeness (QED) is 0.455. The molecule has 0 aromatic carbocycles.